The van der Waals surface area contributed by atoms with Gasteiger partial charge in [-0.15, -0.1) is 0 Å². The predicted molar refractivity (Wildman–Crippen MR) is 79.4 cm³/mol. The lowest BCUT2D eigenvalue weighted by Gasteiger charge is -2.38. The van der Waals surface area contributed by atoms with Crippen LogP contribution in [0, 0.1) is 5.92 Å². The van der Waals surface area contributed by atoms with E-state index in [-0.39, 0.29) is 5.91 Å². The molecule has 2 fully saturated rings. The summed E-state index contributed by atoms with van der Waals surface area (Å²) in [5.74, 6) is 0.920. The topological polar surface area (TPSA) is 67.6 Å². The highest BCUT2D eigenvalue weighted by atomic mass is 16.5. The maximum atomic E-state index is 12.2. The number of nitrogens with zero attached hydrogens (tertiary/aromatic N) is 1. The van der Waals surface area contributed by atoms with E-state index in [4.69, 9.17) is 10.5 Å². The van der Waals surface area contributed by atoms with Gasteiger partial charge in [-0.25, -0.2) is 0 Å². The van der Waals surface area contributed by atoms with Crippen LogP contribution < -0.4 is 11.1 Å². The second-order valence-corrected chi connectivity index (χ2v) is 6.11. The highest BCUT2D eigenvalue weighted by Gasteiger charge is 2.28. The van der Waals surface area contributed by atoms with Crippen LogP contribution in [0.25, 0.3) is 0 Å². The number of rotatable bonds is 5. The van der Waals surface area contributed by atoms with E-state index in [1.807, 2.05) is 0 Å². The van der Waals surface area contributed by atoms with Gasteiger partial charge in [0, 0.05) is 31.8 Å². The molecule has 20 heavy (non-hydrogen) atoms. The van der Waals surface area contributed by atoms with E-state index in [9.17, 15) is 4.79 Å². The van der Waals surface area contributed by atoms with Crippen LogP contribution in [0.15, 0.2) is 0 Å². The maximum Gasteiger partial charge on any atom is 0.234 e. The van der Waals surface area contributed by atoms with Gasteiger partial charge in [0.05, 0.1) is 6.54 Å². The molecular weight excluding hydrogens is 254 g/mol. The monoisotopic (exact) mass is 283 g/mol. The van der Waals surface area contributed by atoms with E-state index in [0.717, 1.165) is 44.9 Å². The fourth-order valence-electron chi connectivity index (χ4n) is 3.31. The quantitative estimate of drug-likeness (QED) is 0.780. The summed E-state index contributed by atoms with van der Waals surface area (Å²) in [7, 11) is 0. The SMILES string of the molecule is CCC1CCN(CC(=O)NC2CCOCC2)C(CN)C1. The average molecular weight is 283 g/mol. The minimum absolute atomic E-state index is 0.144. The number of likely N-dealkylation sites (tertiary alicyclic amines) is 1. The second kappa shape index (κ2) is 7.96. The van der Waals surface area contributed by atoms with Gasteiger partial charge in [0.1, 0.15) is 0 Å². The molecule has 2 aliphatic heterocycles. The van der Waals surface area contributed by atoms with Crippen LogP contribution in [-0.4, -0.2) is 55.7 Å². The number of nitrogens with one attached hydrogen (secondary N) is 1. The van der Waals surface area contributed by atoms with Gasteiger partial charge in [-0.1, -0.05) is 13.3 Å². The van der Waals surface area contributed by atoms with Crippen molar-refractivity contribution in [3.63, 3.8) is 0 Å². The summed E-state index contributed by atoms with van der Waals surface area (Å²) < 4.78 is 5.31. The highest BCUT2D eigenvalue weighted by Crippen LogP contribution is 2.24. The molecule has 2 saturated heterocycles. The molecular formula is C15H29N3O2. The zero-order valence-corrected chi connectivity index (χ0v) is 12.6. The number of carbonyl (C=O) groups excluding carboxylic acids is 1. The molecule has 0 aromatic carbocycles. The van der Waals surface area contributed by atoms with Crippen molar-refractivity contribution in [2.24, 2.45) is 11.7 Å². The van der Waals surface area contributed by atoms with Crippen molar-refractivity contribution in [3.8, 4) is 0 Å². The smallest absolute Gasteiger partial charge is 0.234 e. The third-order valence-electron chi connectivity index (χ3n) is 4.73. The molecule has 2 atom stereocenters. The Kier molecular flexibility index (Phi) is 6.26. The number of hydrogen-bond acceptors (Lipinski definition) is 4. The van der Waals surface area contributed by atoms with Gasteiger partial charge < -0.3 is 15.8 Å². The summed E-state index contributed by atoms with van der Waals surface area (Å²) in [4.78, 5) is 14.4. The first-order valence-electron chi connectivity index (χ1n) is 8.04. The fourth-order valence-corrected chi connectivity index (χ4v) is 3.31. The average Bonchev–Trinajstić information content (AvgIpc) is 2.48. The molecule has 0 aromatic heterocycles. The molecule has 2 aliphatic rings. The Bertz CT molecular complexity index is 305. The first-order valence-corrected chi connectivity index (χ1v) is 8.04. The highest BCUT2D eigenvalue weighted by molar-refractivity contribution is 5.78. The van der Waals surface area contributed by atoms with Gasteiger partial charge in [0.15, 0.2) is 0 Å². The molecule has 0 aromatic rings. The van der Waals surface area contributed by atoms with Gasteiger partial charge in [-0.2, -0.15) is 0 Å². The van der Waals surface area contributed by atoms with Crippen molar-refractivity contribution in [1.29, 1.82) is 0 Å². The largest absolute Gasteiger partial charge is 0.381 e. The second-order valence-electron chi connectivity index (χ2n) is 6.11. The molecule has 0 radical (unpaired) electrons. The van der Waals surface area contributed by atoms with E-state index in [1.54, 1.807) is 0 Å². The molecule has 5 nitrogen and oxygen atoms in total. The molecule has 0 saturated carbocycles. The van der Waals surface area contributed by atoms with Crippen LogP contribution in [0.2, 0.25) is 0 Å². The van der Waals surface area contributed by atoms with Gasteiger partial charge in [-0.3, -0.25) is 9.69 Å². The summed E-state index contributed by atoms with van der Waals surface area (Å²) in [5.41, 5.74) is 5.88. The van der Waals surface area contributed by atoms with Gasteiger partial charge >= 0.3 is 0 Å². The predicted octanol–water partition coefficient (Wildman–Crippen LogP) is 0.731. The first kappa shape index (κ1) is 15.7. The normalized spacial score (nSPS) is 29.3. The van der Waals surface area contributed by atoms with Crippen molar-refractivity contribution in [2.45, 2.75) is 51.1 Å². The van der Waals surface area contributed by atoms with Crippen LogP contribution in [0.5, 0.6) is 0 Å². The van der Waals surface area contributed by atoms with Crippen LogP contribution in [0.1, 0.15) is 39.0 Å². The molecule has 116 valence electrons. The Morgan fingerprint density at radius 1 is 1.35 bits per heavy atom. The van der Waals surface area contributed by atoms with Crippen molar-refractivity contribution in [3.05, 3.63) is 0 Å². The van der Waals surface area contributed by atoms with Crippen LogP contribution in [0.4, 0.5) is 0 Å². The van der Waals surface area contributed by atoms with Crippen molar-refractivity contribution in [1.82, 2.24) is 10.2 Å². The molecule has 0 spiro atoms. The Hall–Kier alpha value is -0.650. The number of ether oxygens (including phenoxy) is 1. The van der Waals surface area contributed by atoms with Crippen molar-refractivity contribution >= 4 is 5.91 Å². The van der Waals surface area contributed by atoms with E-state index in [1.165, 1.54) is 12.8 Å². The summed E-state index contributed by atoms with van der Waals surface area (Å²) >= 11 is 0. The molecule has 3 N–H and O–H groups in total. The first-order chi connectivity index (χ1) is 9.72. The van der Waals surface area contributed by atoms with E-state index < -0.39 is 0 Å². The van der Waals surface area contributed by atoms with Crippen molar-refractivity contribution in [2.75, 3.05) is 32.8 Å². The minimum atomic E-state index is 0.144. The van der Waals surface area contributed by atoms with E-state index in [0.29, 0.717) is 25.2 Å². The summed E-state index contributed by atoms with van der Waals surface area (Å²) in [6.07, 6.45) is 5.42. The lowest BCUT2D eigenvalue weighted by Crippen LogP contribution is -2.51. The number of piperidine rings is 1. The molecule has 0 bridgehead atoms. The van der Waals surface area contributed by atoms with Gasteiger partial charge in [-0.05, 0) is 38.1 Å². The summed E-state index contributed by atoms with van der Waals surface area (Å²) in [6.45, 7) is 5.92. The molecule has 2 unspecified atom stereocenters. The zero-order valence-electron chi connectivity index (χ0n) is 12.6. The maximum absolute atomic E-state index is 12.2. The Morgan fingerprint density at radius 3 is 2.75 bits per heavy atom. The Morgan fingerprint density at radius 2 is 2.10 bits per heavy atom. The summed E-state index contributed by atoms with van der Waals surface area (Å²) in [5, 5.41) is 3.13. The van der Waals surface area contributed by atoms with Gasteiger partial charge in [0.25, 0.3) is 0 Å². The molecule has 1 amide bonds. The number of nitrogens with two attached hydrogens (primary N) is 1. The Balaban J connectivity index is 1.77. The molecule has 0 aliphatic carbocycles. The lowest BCUT2D eigenvalue weighted by molar-refractivity contribution is -0.124. The van der Waals surface area contributed by atoms with E-state index >= 15 is 0 Å². The molecule has 2 rings (SSSR count). The number of hydrogen-bond donors (Lipinski definition) is 2. The number of amides is 1. The molecule has 5 heteroatoms. The summed E-state index contributed by atoms with van der Waals surface area (Å²) in [6, 6.07) is 0.662. The standard InChI is InChI=1S/C15H29N3O2/c1-2-12-3-6-18(14(9-12)10-16)11-15(19)17-13-4-7-20-8-5-13/h12-14H,2-11,16H2,1H3,(H,17,19). The fraction of sp³-hybridized carbons (Fsp3) is 0.933. The number of carbonyl (C=O) groups is 1. The van der Waals surface area contributed by atoms with Crippen LogP contribution in [-0.2, 0) is 9.53 Å². The van der Waals surface area contributed by atoms with Crippen LogP contribution >= 0.6 is 0 Å². The zero-order chi connectivity index (χ0) is 14.4. The van der Waals surface area contributed by atoms with Crippen LogP contribution in [0.3, 0.4) is 0 Å². The Labute approximate surface area is 122 Å². The van der Waals surface area contributed by atoms with Gasteiger partial charge in [0.2, 0.25) is 5.91 Å². The minimum Gasteiger partial charge on any atom is -0.381 e. The van der Waals surface area contributed by atoms with Crippen molar-refractivity contribution < 1.29 is 9.53 Å². The third kappa shape index (κ3) is 4.43. The van der Waals surface area contributed by atoms with E-state index in [2.05, 4.69) is 17.1 Å². The third-order valence-corrected chi connectivity index (χ3v) is 4.73. The molecule has 2 heterocycles. The lowest BCUT2D eigenvalue weighted by atomic mass is 9.89.